The molecule has 0 bridgehead atoms. The lowest BCUT2D eigenvalue weighted by Crippen LogP contribution is -2.23. The largest absolute Gasteiger partial charge is 0.383 e. The highest BCUT2D eigenvalue weighted by molar-refractivity contribution is 8.00. The molecule has 0 aliphatic carbocycles. The van der Waals surface area contributed by atoms with Crippen LogP contribution in [0.2, 0.25) is 0 Å². The van der Waals surface area contributed by atoms with Crippen LogP contribution in [0.4, 0.5) is 11.5 Å². The van der Waals surface area contributed by atoms with E-state index < -0.39 is 5.25 Å². The molecule has 148 valence electrons. The third-order valence-corrected chi connectivity index (χ3v) is 5.74. The number of aryl methyl sites for hydroxylation is 1. The smallest absolute Gasteiger partial charge is 0.253 e. The molecule has 0 fully saturated rings. The highest BCUT2D eigenvalue weighted by Crippen LogP contribution is 2.31. The van der Waals surface area contributed by atoms with E-state index in [4.69, 9.17) is 5.73 Å². The van der Waals surface area contributed by atoms with Gasteiger partial charge in [0, 0.05) is 40.1 Å². The van der Waals surface area contributed by atoms with Gasteiger partial charge in [0.15, 0.2) is 5.16 Å². The van der Waals surface area contributed by atoms with Gasteiger partial charge in [-0.05, 0) is 38.1 Å². The van der Waals surface area contributed by atoms with Crippen LogP contribution < -0.4 is 16.6 Å². The second-order valence-corrected chi connectivity index (χ2v) is 8.05. The number of nitrogens with two attached hydrogens (primary N) is 1. The molecule has 4 rings (SSSR count). The number of para-hydroxylation sites is 1. The summed E-state index contributed by atoms with van der Waals surface area (Å²) in [4.78, 5) is 30.8. The van der Waals surface area contributed by atoms with Gasteiger partial charge in [0.1, 0.15) is 5.82 Å². The van der Waals surface area contributed by atoms with Crippen LogP contribution in [0.5, 0.6) is 0 Å². The van der Waals surface area contributed by atoms with Crippen molar-refractivity contribution >= 4 is 51.0 Å². The number of hydrogen-bond acceptors (Lipinski definition) is 5. The van der Waals surface area contributed by atoms with Crippen LogP contribution in [0.15, 0.2) is 58.5 Å². The number of aromatic nitrogens is 3. The SMILES string of the molecule is CCn1c2ccccc2c2cc(NC(=O)[C@H](C)Sc3nc(N)cc(=O)[nH]3)ccc21. The van der Waals surface area contributed by atoms with E-state index in [0.29, 0.717) is 5.16 Å². The predicted molar refractivity (Wildman–Crippen MR) is 118 cm³/mol. The first kappa shape index (κ1) is 19.1. The van der Waals surface area contributed by atoms with E-state index in [0.717, 1.165) is 40.3 Å². The fourth-order valence-corrected chi connectivity index (χ4v) is 4.26. The van der Waals surface area contributed by atoms with Crippen molar-refractivity contribution in [3.8, 4) is 0 Å². The minimum absolute atomic E-state index is 0.127. The Labute approximate surface area is 171 Å². The average Bonchev–Trinajstić information content (AvgIpc) is 3.00. The Morgan fingerprint density at radius 2 is 1.97 bits per heavy atom. The summed E-state index contributed by atoms with van der Waals surface area (Å²) in [6.07, 6.45) is 0. The number of amides is 1. The predicted octanol–water partition coefficient (Wildman–Crippen LogP) is 3.60. The van der Waals surface area contributed by atoms with E-state index in [2.05, 4.69) is 38.9 Å². The van der Waals surface area contributed by atoms with Gasteiger partial charge in [-0.15, -0.1) is 0 Å². The maximum Gasteiger partial charge on any atom is 0.253 e. The highest BCUT2D eigenvalue weighted by atomic mass is 32.2. The molecule has 2 heterocycles. The fourth-order valence-electron chi connectivity index (χ4n) is 3.45. The van der Waals surface area contributed by atoms with Crippen molar-refractivity contribution < 1.29 is 4.79 Å². The van der Waals surface area contributed by atoms with E-state index in [1.54, 1.807) is 6.92 Å². The number of rotatable bonds is 5. The second kappa shape index (κ2) is 7.63. The molecule has 8 heteroatoms. The first-order valence-corrected chi connectivity index (χ1v) is 10.2. The van der Waals surface area contributed by atoms with Crippen LogP contribution in [-0.2, 0) is 11.3 Å². The highest BCUT2D eigenvalue weighted by Gasteiger charge is 2.17. The minimum Gasteiger partial charge on any atom is -0.383 e. The summed E-state index contributed by atoms with van der Waals surface area (Å²) in [6, 6.07) is 15.4. The van der Waals surface area contributed by atoms with Crippen LogP contribution in [0, 0.1) is 0 Å². The van der Waals surface area contributed by atoms with Gasteiger partial charge < -0.3 is 20.6 Å². The van der Waals surface area contributed by atoms with Gasteiger partial charge in [0.05, 0.1) is 5.25 Å². The van der Waals surface area contributed by atoms with Crippen molar-refractivity contribution in [2.24, 2.45) is 0 Å². The monoisotopic (exact) mass is 407 g/mol. The Hall–Kier alpha value is -3.26. The normalized spacial score (nSPS) is 12.3. The van der Waals surface area contributed by atoms with Crippen molar-refractivity contribution in [2.45, 2.75) is 30.8 Å². The van der Waals surface area contributed by atoms with Gasteiger partial charge in [-0.2, -0.15) is 0 Å². The topological polar surface area (TPSA) is 106 Å². The Morgan fingerprint density at radius 1 is 1.21 bits per heavy atom. The number of nitrogen functional groups attached to an aromatic ring is 1. The average molecular weight is 407 g/mol. The quantitative estimate of drug-likeness (QED) is 0.346. The van der Waals surface area contributed by atoms with Crippen LogP contribution in [0.3, 0.4) is 0 Å². The molecule has 0 radical (unpaired) electrons. The lowest BCUT2D eigenvalue weighted by molar-refractivity contribution is -0.115. The van der Waals surface area contributed by atoms with E-state index in [9.17, 15) is 9.59 Å². The molecule has 0 spiro atoms. The second-order valence-electron chi connectivity index (χ2n) is 6.72. The third kappa shape index (κ3) is 3.71. The van der Waals surface area contributed by atoms with Crippen LogP contribution in [0.1, 0.15) is 13.8 Å². The number of fused-ring (bicyclic) bond motifs is 3. The molecule has 7 nitrogen and oxygen atoms in total. The maximum absolute atomic E-state index is 12.7. The summed E-state index contributed by atoms with van der Waals surface area (Å²) in [5.41, 5.74) is 8.29. The Morgan fingerprint density at radius 3 is 2.72 bits per heavy atom. The lowest BCUT2D eigenvalue weighted by atomic mass is 10.1. The number of thioether (sulfide) groups is 1. The molecule has 1 atom stereocenters. The number of nitrogens with zero attached hydrogens (tertiary/aromatic N) is 2. The van der Waals surface area contributed by atoms with Crippen LogP contribution >= 0.6 is 11.8 Å². The molecule has 0 aliphatic rings. The van der Waals surface area contributed by atoms with Gasteiger partial charge in [-0.25, -0.2) is 4.98 Å². The zero-order chi connectivity index (χ0) is 20.5. The number of nitrogens with one attached hydrogen (secondary N) is 2. The Bertz CT molecular complexity index is 1280. The molecule has 4 aromatic rings. The number of H-pyrrole nitrogens is 1. The molecule has 2 aromatic carbocycles. The van der Waals surface area contributed by atoms with Crippen molar-refractivity contribution in [1.29, 1.82) is 0 Å². The molecule has 0 saturated carbocycles. The fraction of sp³-hybridized carbons (Fsp3) is 0.190. The lowest BCUT2D eigenvalue weighted by Gasteiger charge is -2.12. The zero-order valence-electron chi connectivity index (χ0n) is 16.1. The number of anilines is 2. The van der Waals surface area contributed by atoms with Gasteiger partial charge in [0.2, 0.25) is 5.91 Å². The summed E-state index contributed by atoms with van der Waals surface area (Å²) in [7, 11) is 0. The standard InChI is InChI=1S/C21H21N5O2S/c1-3-26-16-7-5-4-6-14(16)15-10-13(8-9-17(15)26)23-20(28)12(2)29-21-24-18(22)11-19(27)25-21/h4-12H,3H2,1-2H3,(H,23,28)(H3,22,24,25,27)/t12-/m0/s1. The number of aromatic amines is 1. The molecule has 29 heavy (non-hydrogen) atoms. The van der Waals surface area contributed by atoms with Crippen molar-refractivity contribution in [1.82, 2.24) is 14.5 Å². The van der Waals surface area contributed by atoms with Crippen molar-refractivity contribution in [3.05, 3.63) is 58.9 Å². The van der Waals surface area contributed by atoms with Crippen molar-refractivity contribution in [2.75, 3.05) is 11.1 Å². The molecule has 0 unspecified atom stereocenters. The minimum atomic E-state index is -0.465. The molecular formula is C21H21N5O2S. The van der Waals surface area contributed by atoms with E-state index >= 15 is 0 Å². The van der Waals surface area contributed by atoms with Gasteiger partial charge in [-0.1, -0.05) is 30.0 Å². The van der Waals surface area contributed by atoms with Gasteiger partial charge >= 0.3 is 0 Å². The first-order valence-electron chi connectivity index (χ1n) is 9.31. The van der Waals surface area contributed by atoms with Crippen molar-refractivity contribution in [3.63, 3.8) is 0 Å². The van der Waals surface area contributed by atoms with Gasteiger partial charge in [0.25, 0.3) is 5.56 Å². The number of carbonyl (C=O) groups excluding carboxylic acids is 1. The molecule has 2 aromatic heterocycles. The zero-order valence-corrected chi connectivity index (χ0v) is 16.9. The third-order valence-electron chi connectivity index (χ3n) is 4.75. The summed E-state index contributed by atoms with van der Waals surface area (Å²) < 4.78 is 2.26. The summed E-state index contributed by atoms with van der Waals surface area (Å²) in [5, 5.41) is 5.06. The summed E-state index contributed by atoms with van der Waals surface area (Å²) >= 11 is 1.15. The molecule has 0 aliphatic heterocycles. The van der Waals surface area contributed by atoms with Crippen LogP contribution in [-0.4, -0.2) is 25.7 Å². The molecular weight excluding hydrogens is 386 g/mol. The molecule has 0 saturated heterocycles. The summed E-state index contributed by atoms with van der Waals surface area (Å²) in [6.45, 7) is 4.74. The Kier molecular flexibility index (Phi) is 5.02. The van der Waals surface area contributed by atoms with E-state index in [1.807, 2.05) is 30.3 Å². The first-order chi connectivity index (χ1) is 14.0. The number of benzene rings is 2. The number of carbonyl (C=O) groups is 1. The van der Waals surface area contributed by atoms with E-state index in [-0.39, 0.29) is 17.3 Å². The van der Waals surface area contributed by atoms with Gasteiger partial charge in [-0.3, -0.25) is 9.59 Å². The summed E-state index contributed by atoms with van der Waals surface area (Å²) in [5.74, 6) is -0.0553. The Balaban J connectivity index is 1.59. The van der Waals surface area contributed by atoms with Crippen LogP contribution in [0.25, 0.3) is 21.8 Å². The molecule has 1 amide bonds. The maximum atomic E-state index is 12.7. The van der Waals surface area contributed by atoms with E-state index in [1.165, 1.54) is 11.6 Å². The molecule has 4 N–H and O–H groups in total. The number of hydrogen-bond donors (Lipinski definition) is 3.